The van der Waals surface area contributed by atoms with Crippen molar-refractivity contribution in [3.8, 4) is 5.75 Å². The van der Waals surface area contributed by atoms with E-state index in [0.29, 0.717) is 11.4 Å². The second kappa shape index (κ2) is 8.81. The van der Waals surface area contributed by atoms with Gasteiger partial charge in [0.15, 0.2) is 0 Å². The summed E-state index contributed by atoms with van der Waals surface area (Å²) < 4.78 is 15.7. The lowest BCUT2D eigenvalue weighted by Gasteiger charge is -2.39. The maximum absolute atomic E-state index is 11.5. The fraction of sp³-hybridized carbons (Fsp3) is 0.500. The molecule has 10 nitrogen and oxygen atoms in total. The Kier molecular flexibility index (Phi) is 6.75. The van der Waals surface area contributed by atoms with E-state index in [0.717, 1.165) is 0 Å². The van der Waals surface area contributed by atoms with Crippen molar-refractivity contribution in [3.05, 3.63) is 24.3 Å². The molecule has 6 N–H and O–H groups in total. The van der Waals surface area contributed by atoms with Crippen molar-refractivity contribution >= 4 is 17.6 Å². The number of esters is 1. The first-order valence-corrected chi connectivity index (χ1v) is 7.87. The van der Waals surface area contributed by atoms with E-state index in [1.54, 1.807) is 12.1 Å². The van der Waals surface area contributed by atoms with Crippen LogP contribution in [0.5, 0.6) is 5.75 Å². The zero-order valence-corrected chi connectivity index (χ0v) is 13.7. The SMILES string of the molecule is Nc1ccc(O[C@H]2OC(COC(=O)CCC(=O)O)[C@@H](O)C(O)C2O)cc1. The number of nitrogen functional groups attached to an aromatic ring is 1. The smallest absolute Gasteiger partial charge is 0.306 e. The number of rotatable bonds is 7. The molecule has 144 valence electrons. The zero-order chi connectivity index (χ0) is 19.3. The van der Waals surface area contributed by atoms with Gasteiger partial charge in [0.2, 0.25) is 6.29 Å². The van der Waals surface area contributed by atoms with Crippen LogP contribution in [0.2, 0.25) is 0 Å². The molecule has 1 fully saturated rings. The van der Waals surface area contributed by atoms with Gasteiger partial charge in [0.25, 0.3) is 0 Å². The van der Waals surface area contributed by atoms with Crippen LogP contribution >= 0.6 is 0 Å². The van der Waals surface area contributed by atoms with Gasteiger partial charge in [-0.05, 0) is 24.3 Å². The number of carbonyl (C=O) groups is 2. The molecule has 2 rings (SSSR count). The molecule has 5 atom stereocenters. The highest BCUT2D eigenvalue weighted by molar-refractivity contribution is 5.76. The zero-order valence-electron chi connectivity index (χ0n) is 13.7. The maximum Gasteiger partial charge on any atom is 0.306 e. The van der Waals surface area contributed by atoms with Gasteiger partial charge in [-0.1, -0.05) is 0 Å². The Labute approximate surface area is 148 Å². The highest BCUT2D eigenvalue weighted by Gasteiger charge is 2.45. The lowest BCUT2D eigenvalue weighted by molar-refractivity contribution is -0.278. The van der Waals surface area contributed by atoms with E-state index in [1.807, 2.05) is 0 Å². The molecule has 0 aromatic heterocycles. The highest BCUT2D eigenvalue weighted by Crippen LogP contribution is 2.25. The van der Waals surface area contributed by atoms with E-state index in [-0.39, 0.29) is 6.42 Å². The molecule has 10 heteroatoms. The number of anilines is 1. The molecule has 0 saturated carbocycles. The number of carboxylic acid groups (broad SMARTS) is 1. The highest BCUT2D eigenvalue weighted by atomic mass is 16.7. The van der Waals surface area contributed by atoms with Crippen LogP contribution in [-0.2, 0) is 19.1 Å². The summed E-state index contributed by atoms with van der Waals surface area (Å²) in [6.07, 6.45) is -7.87. The topological polar surface area (TPSA) is 169 Å². The van der Waals surface area contributed by atoms with Gasteiger partial charge in [-0.25, -0.2) is 0 Å². The number of benzene rings is 1. The molecule has 1 aliphatic heterocycles. The molecule has 26 heavy (non-hydrogen) atoms. The van der Waals surface area contributed by atoms with Crippen molar-refractivity contribution in [1.29, 1.82) is 0 Å². The number of hydrogen-bond acceptors (Lipinski definition) is 9. The van der Waals surface area contributed by atoms with E-state index < -0.39 is 55.7 Å². The van der Waals surface area contributed by atoms with Crippen molar-refractivity contribution in [3.63, 3.8) is 0 Å². The van der Waals surface area contributed by atoms with Crippen molar-refractivity contribution < 1.29 is 44.2 Å². The first-order chi connectivity index (χ1) is 12.3. The molecule has 1 aromatic carbocycles. The van der Waals surface area contributed by atoms with Crippen molar-refractivity contribution in [2.45, 2.75) is 43.5 Å². The average Bonchev–Trinajstić information content (AvgIpc) is 2.61. The number of carboxylic acids is 1. The summed E-state index contributed by atoms with van der Waals surface area (Å²) in [6.45, 7) is -0.439. The first-order valence-electron chi connectivity index (χ1n) is 7.87. The van der Waals surface area contributed by atoms with Crippen molar-refractivity contribution in [1.82, 2.24) is 0 Å². The maximum atomic E-state index is 11.5. The Morgan fingerprint density at radius 3 is 2.31 bits per heavy atom. The van der Waals surface area contributed by atoms with Crippen LogP contribution in [0.15, 0.2) is 24.3 Å². The van der Waals surface area contributed by atoms with Crippen LogP contribution in [0.4, 0.5) is 5.69 Å². The number of ether oxygens (including phenoxy) is 3. The summed E-state index contributed by atoms with van der Waals surface area (Å²) in [4.78, 5) is 21.9. The summed E-state index contributed by atoms with van der Waals surface area (Å²) in [5.74, 6) is -1.63. The van der Waals surface area contributed by atoms with Gasteiger partial charge in [-0.3, -0.25) is 9.59 Å². The molecule has 0 aliphatic carbocycles. The third-order valence-electron chi connectivity index (χ3n) is 3.75. The van der Waals surface area contributed by atoms with Crippen molar-refractivity contribution in [2.75, 3.05) is 12.3 Å². The average molecular weight is 371 g/mol. The molecule has 1 saturated heterocycles. The number of nitrogens with two attached hydrogens (primary N) is 1. The van der Waals surface area contributed by atoms with Crippen LogP contribution in [-0.4, -0.2) is 69.7 Å². The third-order valence-corrected chi connectivity index (χ3v) is 3.75. The van der Waals surface area contributed by atoms with E-state index in [2.05, 4.69) is 0 Å². The molecule has 0 spiro atoms. The quantitative estimate of drug-likeness (QED) is 0.292. The lowest BCUT2D eigenvalue weighted by Crippen LogP contribution is -2.60. The summed E-state index contributed by atoms with van der Waals surface area (Å²) in [7, 11) is 0. The van der Waals surface area contributed by atoms with E-state index in [4.69, 9.17) is 25.1 Å². The number of aliphatic carboxylic acids is 1. The monoisotopic (exact) mass is 371 g/mol. The van der Waals surface area contributed by atoms with Crippen LogP contribution in [0, 0.1) is 0 Å². The summed E-state index contributed by atoms with van der Waals surface area (Å²) in [6, 6.07) is 6.20. The second-order valence-corrected chi connectivity index (χ2v) is 5.78. The minimum absolute atomic E-state index is 0.309. The van der Waals surface area contributed by atoms with Gasteiger partial charge in [-0.2, -0.15) is 0 Å². The Morgan fingerprint density at radius 1 is 1.04 bits per heavy atom. The van der Waals surface area contributed by atoms with Gasteiger partial charge < -0.3 is 40.4 Å². The Balaban J connectivity index is 1.95. The Hall–Kier alpha value is -2.40. The van der Waals surface area contributed by atoms with Crippen LogP contribution < -0.4 is 10.5 Å². The van der Waals surface area contributed by atoms with E-state index in [9.17, 15) is 24.9 Å². The van der Waals surface area contributed by atoms with Gasteiger partial charge >= 0.3 is 11.9 Å². The van der Waals surface area contributed by atoms with Gasteiger partial charge in [-0.15, -0.1) is 0 Å². The summed E-state index contributed by atoms with van der Waals surface area (Å²) >= 11 is 0. The van der Waals surface area contributed by atoms with E-state index >= 15 is 0 Å². The molecule has 0 radical (unpaired) electrons. The van der Waals surface area contributed by atoms with Crippen LogP contribution in [0.3, 0.4) is 0 Å². The normalized spacial score (nSPS) is 28.3. The molecule has 3 unspecified atom stereocenters. The first kappa shape index (κ1) is 19.9. The number of aliphatic hydroxyl groups excluding tert-OH is 3. The fourth-order valence-electron chi connectivity index (χ4n) is 2.29. The lowest BCUT2D eigenvalue weighted by atomic mass is 9.99. The standard InChI is InChI=1S/C16H21NO9/c17-8-1-3-9(4-2-8)25-16-15(23)14(22)13(21)10(26-16)7-24-12(20)6-5-11(18)19/h1-4,10,13-16,21-23H,5-7,17H2,(H,18,19)/t10?,13-,14?,15?,16+/m1/s1. The van der Waals surface area contributed by atoms with E-state index in [1.165, 1.54) is 12.1 Å². The van der Waals surface area contributed by atoms with Gasteiger partial charge in [0.1, 0.15) is 36.8 Å². The number of carbonyl (C=O) groups excluding carboxylic acids is 1. The van der Waals surface area contributed by atoms with Gasteiger partial charge in [0.05, 0.1) is 12.8 Å². The molecule has 1 heterocycles. The summed E-state index contributed by atoms with van der Waals surface area (Å²) in [5.41, 5.74) is 6.07. The number of aliphatic hydroxyl groups is 3. The van der Waals surface area contributed by atoms with Gasteiger partial charge in [0, 0.05) is 5.69 Å². The van der Waals surface area contributed by atoms with Crippen LogP contribution in [0.25, 0.3) is 0 Å². The largest absolute Gasteiger partial charge is 0.481 e. The summed E-state index contributed by atoms with van der Waals surface area (Å²) in [5, 5.41) is 38.4. The van der Waals surface area contributed by atoms with Crippen LogP contribution in [0.1, 0.15) is 12.8 Å². The number of hydrogen-bond donors (Lipinski definition) is 5. The molecular weight excluding hydrogens is 350 g/mol. The molecule has 1 aromatic rings. The predicted molar refractivity (Wildman–Crippen MR) is 86.0 cm³/mol. The predicted octanol–water partition coefficient (Wildman–Crippen LogP) is -1.14. The molecule has 0 amide bonds. The molecule has 1 aliphatic rings. The Morgan fingerprint density at radius 2 is 1.69 bits per heavy atom. The fourth-order valence-corrected chi connectivity index (χ4v) is 2.29. The minimum Gasteiger partial charge on any atom is -0.481 e. The van der Waals surface area contributed by atoms with Crippen molar-refractivity contribution in [2.24, 2.45) is 0 Å². The Bertz CT molecular complexity index is 621. The third kappa shape index (κ3) is 5.30. The molecular formula is C16H21NO9. The minimum atomic E-state index is -1.59. The second-order valence-electron chi connectivity index (χ2n) is 5.78. The molecule has 0 bridgehead atoms.